The number of hydrogen-bond donors (Lipinski definition) is 0. The Hall–Kier alpha value is -3.80. The lowest BCUT2D eigenvalue weighted by Gasteiger charge is -2.13. The average molecular weight is 449 g/mol. The Bertz CT molecular complexity index is 1230. The third-order valence-electron chi connectivity index (χ3n) is 4.98. The number of hydrogen-bond acceptors (Lipinski definition) is 6. The summed E-state index contributed by atoms with van der Waals surface area (Å²) in [6.45, 7) is 6.37. The first-order valence-electron chi connectivity index (χ1n) is 10.7. The van der Waals surface area contributed by atoms with Crippen LogP contribution < -0.4 is 19.8 Å². The van der Waals surface area contributed by atoms with Crippen LogP contribution in [0.5, 0.6) is 17.2 Å². The predicted octanol–water partition coefficient (Wildman–Crippen LogP) is 6.09. The molecule has 1 aromatic heterocycles. The maximum Gasteiger partial charge on any atom is 0.383 e. The number of esters is 1. The van der Waals surface area contributed by atoms with E-state index in [4.69, 9.17) is 18.6 Å². The second-order valence-corrected chi connectivity index (χ2v) is 7.82. The van der Waals surface area contributed by atoms with E-state index in [0.29, 0.717) is 16.7 Å². The molecule has 0 amide bonds. The first-order chi connectivity index (χ1) is 15.9. The van der Waals surface area contributed by atoms with Crippen LogP contribution in [0.25, 0.3) is 11.0 Å². The van der Waals surface area contributed by atoms with E-state index in [0.717, 1.165) is 18.4 Å². The molecule has 3 rings (SSSR count). The molecule has 0 bridgehead atoms. The zero-order valence-corrected chi connectivity index (χ0v) is 19.3. The highest BCUT2D eigenvalue weighted by atomic mass is 16.6. The minimum Gasteiger partial charge on any atom is -0.493 e. The third-order valence-corrected chi connectivity index (χ3v) is 4.98. The van der Waals surface area contributed by atoms with Gasteiger partial charge in [-0.15, -0.1) is 0 Å². The van der Waals surface area contributed by atoms with Crippen molar-refractivity contribution in [1.29, 1.82) is 0 Å². The van der Waals surface area contributed by atoms with Gasteiger partial charge in [0.05, 0.1) is 18.1 Å². The standard InChI is InChI=1S/C27H28O6/c1-18(2)10-8-11-19(3)16-17-31-24-21-14-9-15-22(30-4)23(21)32-27(29)25(24)33-26(28)20-12-6-5-7-13-20/h5-7,9-10,12-16H,8,11,17H2,1-4H3. The van der Waals surface area contributed by atoms with Gasteiger partial charge >= 0.3 is 11.6 Å². The number of fused-ring (bicyclic) bond motifs is 1. The maximum atomic E-state index is 12.8. The first-order valence-corrected chi connectivity index (χ1v) is 10.7. The van der Waals surface area contributed by atoms with E-state index in [1.54, 1.807) is 48.5 Å². The van der Waals surface area contributed by atoms with Gasteiger partial charge in [0, 0.05) is 0 Å². The van der Waals surface area contributed by atoms with Crippen molar-refractivity contribution in [3.05, 3.63) is 87.8 Å². The van der Waals surface area contributed by atoms with Crippen molar-refractivity contribution >= 4 is 16.9 Å². The van der Waals surface area contributed by atoms with Gasteiger partial charge in [0.25, 0.3) is 5.75 Å². The number of carbonyl (C=O) groups excluding carboxylic acids is 1. The molecule has 0 spiro atoms. The number of allylic oxidation sites excluding steroid dienone is 3. The second kappa shape index (κ2) is 11.2. The van der Waals surface area contributed by atoms with Gasteiger partial charge in [-0.1, -0.05) is 41.5 Å². The van der Waals surface area contributed by atoms with Crippen LogP contribution in [-0.2, 0) is 0 Å². The first kappa shape index (κ1) is 23.9. The van der Waals surface area contributed by atoms with Gasteiger partial charge in [-0.05, 0) is 64.0 Å². The van der Waals surface area contributed by atoms with Gasteiger partial charge in [-0.3, -0.25) is 0 Å². The predicted molar refractivity (Wildman–Crippen MR) is 128 cm³/mol. The number of ether oxygens (including phenoxy) is 3. The van der Waals surface area contributed by atoms with Crippen molar-refractivity contribution in [1.82, 2.24) is 0 Å². The van der Waals surface area contributed by atoms with Crippen LogP contribution in [0.15, 0.2) is 81.0 Å². The van der Waals surface area contributed by atoms with E-state index in [-0.39, 0.29) is 23.7 Å². The van der Waals surface area contributed by atoms with Crippen LogP contribution in [0.4, 0.5) is 0 Å². The number of benzene rings is 2. The van der Waals surface area contributed by atoms with Gasteiger partial charge in [-0.25, -0.2) is 9.59 Å². The van der Waals surface area contributed by atoms with Gasteiger partial charge in [0.15, 0.2) is 17.1 Å². The molecule has 0 unspecified atom stereocenters. The van der Waals surface area contributed by atoms with Crippen molar-refractivity contribution in [3.63, 3.8) is 0 Å². The highest BCUT2D eigenvalue weighted by molar-refractivity contribution is 5.94. The summed E-state index contributed by atoms with van der Waals surface area (Å²) in [6, 6.07) is 13.6. The molecule has 0 fully saturated rings. The van der Waals surface area contributed by atoms with E-state index >= 15 is 0 Å². The van der Waals surface area contributed by atoms with Gasteiger partial charge in [0.2, 0.25) is 0 Å². The number of methoxy groups -OCH3 is 1. The smallest absolute Gasteiger partial charge is 0.383 e. The Morgan fingerprint density at radius 3 is 2.42 bits per heavy atom. The zero-order chi connectivity index (χ0) is 23.8. The highest BCUT2D eigenvalue weighted by Crippen LogP contribution is 2.37. The van der Waals surface area contributed by atoms with Crippen molar-refractivity contribution in [3.8, 4) is 17.2 Å². The lowest BCUT2D eigenvalue weighted by molar-refractivity contribution is 0.0722. The molecule has 172 valence electrons. The number of rotatable bonds is 9. The van der Waals surface area contributed by atoms with Crippen LogP contribution in [0, 0.1) is 0 Å². The topological polar surface area (TPSA) is 75.0 Å². The van der Waals surface area contributed by atoms with E-state index in [2.05, 4.69) is 19.9 Å². The van der Waals surface area contributed by atoms with Crippen molar-refractivity contribution < 1.29 is 23.4 Å². The van der Waals surface area contributed by atoms with Crippen LogP contribution in [0.1, 0.15) is 44.0 Å². The fraction of sp³-hybridized carbons (Fsp3) is 0.259. The van der Waals surface area contributed by atoms with Crippen LogP contribution in [-0.4, -0.2) is 19.7 Å². The molecule has 1 heterocycles. The molecule has 33 heavy (non-hydrogen) atoms. The molecule has 2 aromatic carbocycles. The summed E-state index contributed by atoms with van der Waals surface area (Å²) < 4.78 is 22.2. The largest absolute Gasteiger partial charge is 0.493 e. The zero-order valence-electron chi connectivity index (χ0n) is 19.3. The summed E-state index contributed by atoms with van der Waals surface area (Å²) >= 11 is 0. The summed E-state index contributed by atoms with van der Waals surface area (Å²) in [5.74, 6) is -0.453. The summed E-state index contributed by atoms with van der Waals surface area (Å²) in [4.78, 5) is 25.4. The van der Waals surface area contributed by atoms with Crippen molar-refractivity contribution in [2.75, 3.05) is 13.7 Å². The van der Waals surface area contributed by atoms with E-state index in [1.165, 1.54) is 12.7 Å². The Morgan fingerprint density at radius 1 is 0.970 bits per heavy atom. The Balaban J connectivity index is 1.95. The van der Waals surface area contributed by atoms with Gasteiger partial charge in [-0.2, -0.15) is 0 Å². The lowest BCUT2D eigenvalue weighted by Crippen LogP contribution is -2.16. The molecule has 6 nitrogen and oxygen atoms in total. The van der Waals surface area contributed by atoms with Gasteiger partial charge in [0.1, 0.15) is 6.61 Å². The molecule has 0 aliphatic rings. The normalized spacial score (nSPS) is 11.2. The maximum absolute atomic E-state index is 12.8. The Morgan fingerprint density at radius 2 is 1.73 bits per heavy atom. The van der Waals surface area contributed by atoms with E-state index in [1.807, 2.05) is 13.0 Å². The summed E-state index contributed by atoms with van der Waals surface area (Å²) in [6.07, 6.45) is 5.97. The Labute approximate surface area is 193 Å². The molecule has 0 aliphatic carbocycles. The fourth-order valence-corrected chi connectivity index (χ4v) is 3.23. The number of carbonyl (C=O) groups is 1. The SMILES string of the molecule is COc1cccc2c(OCC=C(C)CCC=C(C)C)c(OC(=O)c3ccccc3)c(=O)oc12. The quantitative estimate of drug-likeness (QED) is 0.224. The fourth-order valence-electron chi connectivity index (χ4n) is 3.23. The second-order valence-electron chi connectivity index (χ2n) is 7.82. The number of para-hydroxylation sites is 1. The minimum atomic E-state index is -0.824. The van der Waals surface area contributed by atoms with Gasteiger partial charge < -0.3 is 18.6 Å². The lowest BCUT2D eigenvalue weighted by atomic mass is 10.1. The molecule has 0 radical (unpaired) electrons. The van der Waals surface area contributed by atoms with Crippen LogP contribution in [0.3, 0.4) is 0 Å². The van der Waals surface area contributed by atoms with Crippen LogP contribution in [0.2, 0.25) is 0 Å². The molecular weight excluding hydrogens is 420 g/mol. The molecule has 0 N–H and O–H groups in total. The van der Waals surface area contributed by atoms with E-state index in [9.17, 15) is 9.59 Å². The van der Waals surface area contributed by atoms with Crippen molar-refractivity contribution in [2.24, 2.45) is 0 Å². The highest BCUT2D eigenvalue weighted by Gasteiger charge is 2.23. The van der Waals surface area contributed by atoms with Crippen molar-refractivity contribution in [2.45, 2.75) is 33.6 Å². The monoisotopic (exact) mass is 448 g/mol. The van der Waals surface area contributed by atoms with E-state index < -0.39 is 11.6 Å². The third kappa shape index (κ3) is 6.13. The Kier molecular flexibility index (Phi) is 8.08. The summed E-state index contributed by atoms with van der Waals surface area (Å²) in [5.41, 5.74) is 2.14. The molecule has 3 aromatic rings. The average Bonchev–Trinajstić information content (AvgIpc) is 2.80. The molecule has 0 aliphatic heterocycles. The molecule has 6 heteroatoms. The molecule has 0 atom stereocenters. The summed E-state index contributed by atoms with van der Waals surface area (Å²) in [5, 5.41) is 0.473. The molecule has 0 saturated heterocycles. The molecule has 0 saturated carbocycles. The minimum absolute atomic E-state index is 0.137. The summed E-state index contributed by atoms with van der Waals surface area (Å²) in [7, 11) is 1.48. The molecular formula is C27H28O6. The van der Waals surface area contributed by atoms with Crippen LogP contribution >= 0.6 is 0 Å².